The van der Waals surface area contributed by atoms with Gasteiger partial charge in [-0.05, 0) is 31.4 Å². The molecule has 0 N–H and O–H groups in total. The zero-order valence-corrected chi connectivity index (χ0v) is 16.4. The van der Waals surface area contributed by atoms with Crippen molar-refractivity contribution in [1.82, 2.24) is 8.69 Å². The molecule has 7 heteroatoms. The molecule has 0 bridgehead atoms. The molecule has 2 aromatic rings. The fourth-order valence-electron chi connectivity index (χ4n) is 3.00. The maximum Gasteiger partial charge on any atom is 0.279 e. The van der Waals surface area contributed by atoms with E-state index in [4.69, 9.17) is 0 Å². The molecule has 0 spiro atoms. The molecule has 0 saturated heterocycles. The van der Waals surface area contributed by atoms with Crippen LogP contribution in [0.1, 0.15) is 51.9 Å². The Morgan fingerprint density at radius 1 is 1.25 bits per heavy atom. The fourth-order valence-corrected chi connectivity index (χ4v) is 7.75. The summed E-state index contributed by atoms with van der Waals surface area (Å²) in [6.45, 7) is 2.13. The maximum atomic E-state index is 13.2. The van der Waals surface area contributed by atoms with E-state index >= 15 is 0 Å². The molecule has 1 aromatic heterocycles. The molecule has 1 aromatic carbocycles. The van der Waals surface area contributed by atoms with Gasteiger partial charge in [-0.3, -0.25) is 0 Å². The number of hydrogen-bond acceptors (Lipinski definition) is 5. The smallest absolute Gasteiger partial charge is 0.224 e. The van der Waals surface area contributed by atoms with Gasteiger partial charge < -0.3 is 0 Å². The SMILES string of the molecule is CCCCSN(C1CCCCC1)S(=O)(=O)c1nc2ccccc2s1. The number of para-hydroxylation sites is 1. The summed E-state index contributed by atoms with van der Waals surface area (Å²) in [4.78, 5) is 4.40. The first-order chi connectivity index (χ1) is 11.6. The summed E-state index contributed by atoms with van der Waals surface area (Å²) >= 11 is 2.76. The number of thiazole rings is 1. The van der Waals surface area contributed by atoms with Crippen LogP contribution >= 0.6 is 23.3 Å². The molecule has 4 nitrogen and oxygen atoms in total. The van der Waals surface area contributed by atoms with Crippen LogP contribution in [0.2, 0.25) is 0 Å². The lowest BCUT2D eigenvalue weighted by molar-refractivity contribution is 0.345. The van der Waals surface area contributed by atoms with Gasteiger partial charge in [-0.1, -0.05) is 56.7 Å². The third kappa shape index (κ3) is 3.95. The summed E-state index contributed by atoms with van der Waals surface area (Å²) in [5, 5.41) is 0. The standard InChI is InChI=1S/C17H24N2O2S3/c1-2-3-13-22-19(14-9-5-4-6-10-14)24(20,21)17-18-15-11-7-8-12-16(15)23-17/h7-8,11-12,14H,2-6,9-10,13H2,1H3. The Bertz CT molecular complexity index is 734. The first kappa shape index (κ1) is 18.2. The molecule has 1 saturated carbocycles. The van der Waals surface area contributed by atoms with Crippen molar-refractivity contribution in [3.63, 3.8) is 0 Å². The number of nitrogens with zero attached hydrogens (tertiary/aromatic N) is 2. The van der Waals surface area contributed by atoms with Crippen LogP contribution in [0.4, 0.5) is 0 Å². The summed E-state index contributed by atoms with van der Waals surface area (Å²) in [6.07, 6.45) is 7.48. The minimum absolute atomic E-state index is 0.109. The highest BCUT2D eigenvalue weighted by Crippen LogP contribution is 2.36. The molecule has 1 heterocycles. The molecule has 3 rings (SSSR count). The fraction of sp³-hybridized carbons (Fsp3) is 0.588. The molecule has 0 atom stereocenters. The number of sulfonamides is 1. The van der Waals surface area contributed by atoms with Crippen molar-refractivity contribution in [3.05, 3.63) is 24.3 Å². The van der Waals surface area contributed by atoms with Crippen molar-refractivity contribution in [3.8, 4) is 0 Å². The van der Waals surface area contributed by atoms with Crippen molar-refractivity contribution < 1.29 is 8.42 Å². The van der Waals surface area contributed by atoms with Crippen LogP contribution in [0.25, 0.3) is 10.2 Å². The average molecular weight is 385 g/mol. The number of aromatic nitrogens is 1. The Labute approximate surface area is 152 Å². The van der Waals surface area contributed by atoms with E-state index < -0.39 is 10.0 Å². The Balaban J connectivity index is 1.90. The predicted molar refractivity (Wildman–Crippen MR) is 103 cm³/mol. The van der Waals surface area contributed by atoms with Gasteiger partial charge in [0.25, 0.3) is 10.0 Å². The lowest BCUT2D eigenvalue weighted by atomic mass is 9.96. The van der Waals surface area contributed by atoms with Gasteiger partial charge in [0.15, 0.2) is 0 Å². The van der Waals surface area contributed by atoms with Gasteiger partial charge in [0.1, 0.15) is 0 Å². The molecule has 0 amide bonds. The van der Waals surface area contributed by atoms with Crippen molar-refractivity contribution in [2.45, 2.75) is 62.3 Å². The van der Waals surface area contributed by atoms with Crippen LogP contribution in [0.5, 0.6) is 0 Å². The normalized spacial score (nSPS) is 16.9. The number of fused-ring (bicyclic) bond motifs is 1. The van der Waals surface area contributed by atoms with Crippen LogP contribution in [0, 0.1) is 0 Å². The quantitative estimate of drug-likeness (QED) is 0.494. The molecule has 1 fully saturated rings. The van der Waals surface area contributed by atoms with Crippen molar-refractivity contribution in [2.75, 3.05) is 5.75 Å². The Morgan fingerprint density at radius 2 is 2.00 bits per heavy atom. The Hall–Kier alpha value is -0.630. The van der Waals surface area contributed by atoms with E-state index in [0.29, 0.717) is 0 Å². The van der Waals surface area contributed by atoms with Gasteiger partial charge in [-0.2, -0.15) is 0 Å². The third-order valence-electron chi connectivity index (χ3n) is 4.32. The van der Waals surface area contributed by atoms with Crippen molar-refractivity contribution >= 4 is 43.5 Å². The molecule has 1 aliphatic carbocycles. The molecule has 132 valence electrons. The Morgan fingerprint density at radius 3 is 2.71 bits per heavy atom. The van der Waals surface area contributed by atoms with Gasteiger partial charge in [0, 0.05) is 11.8 Å². The minimum Gasteiger partial charge on any atom is -0.224 e. The van der Waals surface area contributed by atoms with Crippen LogP contribution in [0.3, 0.4) is 0 Å². The molecule has 0 radical (unpaired) electrons. The van der Waals surface area contributed by atoms with Crippen molar-refractivity contribution in [2.24, 2.45) is 0 Å². The van der Waals surface area contributed by atoms with Gasteiger partial charge >= 0.3 is 0 Å². The number of hydrogen-bond donors (Lipinski definition) is 0. The lowest BCUT2D eigenvalue weighted by Crippen LogP contribution is -2.36. The van der Waals surface area contributed by atoms with E-state index in [0.717, 1.165) is 54.5 Å². The molecule has 0 unspecified atom stereocenters. The molecular formula is C17H24N2O2S3. The maximum absolute atomic E-state index is 13.2. The van der Waals surface area contributed by atoms with Gasteiger partial charge in [-0.15, -0.1) is 15.0 Å². The van der Waals surface area contributed by atoms with Crippen LogP contribution < -0.4 is 0 Å². The second kappa shape index (κ2) is 8.17. The summed E-state index contributed by atoms with van der Waals surface area (Å²) in [5.74, 6) is 0.844. The van der Waals surface area contributed by atoms with Gasteiger partial charge in [0.2, 0.25) is 4.34 Å². The Kier molecular flexibility index (Phi) is 6.18. The summed E-state index contributed by atoms with van der Waals surface area (Å²) in [5.41, 5.74) is 0.767. The molecule has 0 aliphatic heterocycles. The number of benzene rings is 1. The highest BCUT2D eigenvalue weighted by atomic mass is 32.3. The monoisotopic (exact) mass is 384 g/mol. The zero-order chi connectivity index (χ0) is 17.0. The third-order valence-corrected chi connectivity index (χ3v) is 9.27. The van der Waals surface area contributed by atoms with Crippen LogP contribution in [-0.4, -0.2) is 28.9 Å². The second-order valence-corrected chi connectivity index (χ2v) is 10.5. The second-order valence-electron chi connectivity index (χ2n) is 6.19. The zero-order valence-electron chi connectivity index (χ0n) is 14.0. The van der Waals surface area contributed by atoms with E-state index in [1.54, 1.807) is 3.71 Å². The number of unbranched alkanes of at least 4 members (excludes halogenated alkanes) is 1. The topological polar surface area (TPSA) is 50.3 Å². The van der Waals surface area contributed by atoms with Gasteiger partial charge in [0.05, 0.1) is 10.2 Å². The highest BCUT2D eigenvalue weighted by molar-refractivity contribution is 8.09. The van der Waals surface area contributed by atoms with E-state index in [1.165, 1.54) is 29.7 Å². The van der Waals surface area contributed by atoms with Crippen LogP contribution in [0.15, 0.2) is 28.6 Å². The molecule has 1 aliphatic rings. The molecular weight excluding hydrogens is 360 g/mol. The average Bonchev–Trinajstić information content (AvgIpc) is 3.04. The highest BCUT2D eigenvalue weighted by Gasteiger charge is 2.35. The van der Waals surface area contributed by atoms with E-state index in [-0.39, 0.29) is 10.4 Å². The van der Waals surface area contributed by atoms with Crippen molar-refractivity contribution in [1.29, 1.82) is 0 Å². The summed E-state index contributed by atoms with van der Waals surface area (Å²) in [7, 11) is -3.54. The minimum atomic E-state index is -3.54. The predicted octanol–water partition coefficient (Wildman–Crippen LogP) is 5.07. The summed E-state index contributed by atoms with van der Waals surface area (Å²) < 4.78 is 29.3. The summed E-state index contributed by atoms with van der Waals surface area (Å²) in [6, 6.07) is 7.73. The van der Waals surface area contributed by atoms with E-state index in [1.807, 2.05) is 24.3 Å². The lowest BCUT2D eigenvalue weighted by Gasteiger charge is -2.31. The van der Waals surface area contributed by atoms with Gasteiger partial charge in [-0.25, -0.2) is 13.4 Å². The first-order valence-corrected chi connectivity index (χ1v) is 11.9. The van der Waals surface area contributed by atoms with E-state index in [2.05, 4.69) is 11.9 Å². The number of rotatable bonds is 7. The van der Waals surface area contributed by atoms with E-state index in [9.17, 15) is 8.42 Å². The largest absolute Gasteiger partial charge is 0.279 e. The van der Waals surface area contributed by atoms with Crippen LogP contribution in [-0.2, 0) is 10.0 Å². The first-order valence-electron chi connectivity index (χ1n) is 8.66. The molecule has 24 heavy (non-hydrogen) atoms.